The minimum atomic E-state index is -0.391. The van der Waals surface area contributed by atoms with Gasteiger partial charge in [0, 0.05) is 5.69 Å². The zero-order valence-electron chi connectivity index (χ0n) is 13.4. The third-order valence-corrected chi connectivity index (χ3v) is 4.90. The number of thioether (sulfide) groups is 1. The summed E-state index contributed by atoms with van der Waals surface area (Å²) in [7, 11) is 0. The molecule has 0 atom stereocenters. The van der Waals surface area contributed by atoms with Crippen molar-refractivity contribution in [2.75, 3.05) is 11.9 Å². The molecule has 6 nitrogen and oxygen atoms in total. The van der Waals surface area contributed by atoms with E-state index in [1.165, 1.54) is 29.2 Å². The molecule has 0 aliphatic carbocycles. The van der Waals surface area contributed by atoms with Gasteiger partial charge in [-0.2, -0.15) is 0 Å². The highest BCUT2D eigenvalue weighted by Gasteiger charge is 2.33. The van der Waals surface area contributed by atoms with E-state index in [-0.39, 0.29) is 24.0 Å². The summed E-state index contributed by atoms with van der Waals surface area (Å²) >= 11 is 6.33. The average Bonchev–Trinajstić information content (AvgIpc) is 2.86. The molecule has 3 rings (SSSR count). The first kappa shape index (κ1) is 18.0. The summed E-state index contributed by atoms with van der Waals surface area (Å²) in [6.45, 7) is -0.196. The molecule has 0 bridgehead atoms. The van der Waals surface area contributed by atoms with Crippen molar-refractivity contribution in [3.63, 3.8) is 0 Å². The van der Waals surface area contributed by atoms with Crippen LogP contribution in [0.25, 0.3) is 6.08 Å². The fourth-order valence-electron chi connectivity index (χ4n) is 2.25. The Bertz CT molecular complexity index is 892. The monoisotopic (exact) mass is 386 g/mol. The zero-order valence-corrected chi connectivity index (χ0v) is 15.0. The van der Waals surface area contributed by atoms with Gasteiger partial charge >= 0.3 is 0 Å². The SMILES string of the molecule is O=C(CN1C(=O)/C(=C/c2ccc(O)cc2)SC1=S)Nc1ccc(O)cc1. The number of carbonyl (C=O) groups is 2. The second kappa shape index (κ2) is 7.59. The minimum Gasteiger partial charge on any atom is -0.508 e. The molecular weight excluding hydrogens is 372 g/mol. The number of nitrogens with zero attached hydrogens (tertiary/aromatic N) is 1. The molecular formula is C18H14N2O4S2. The Morgan fingerprint density at radius 2 is 1.65 bits per heavy atom. The number of anilines is 1. The predicted octanol–water partition coefficient (Wildman–Crippen LogP) is 2.94. The summed E-state index contributed by atoms with van der Waals surface area (Å²) in [6.07, 6.45) is 1.66. The first-order chi connectivity index (χ1) is 12.4. The van der Waals surface area contributed by atoms with E-state index in [1.807, 2.05) is 0 Å². The highest BCUT2D eigenvalue weighted by atomic mass is 32.2. The van der Waals surface area contributed by atoms with Crippen molar-refractivity contribution in [1.82, 2.24) is 4.90 Å². The maximum atomic E-state index is 12.5. The van der Waals surface area contributed by atoms with E-state index < -0.39 is 5.91 Å². The molecule has 2 aromatic carbocycles. The van der Waals surface area contributed by atoms with Crippen LogP contribution in [-0.4, -0.2) is 37.8 Å². The summed E-state index contributed by atoms with van der Waals surface area (Å²) in [5.41, 5.74) is 1.26. The number of hydrogen-bond acceptors (Lipinski definition) is 6. The zero-order chi connectivity index (χ0) is 18.7. The predicted molar refractivity (Wildman–Crippen MR) is 105 cm³/mol. The molecule has 0 saturated carbocycles. The highest BCUT2D eigenvalue weighted by molar-refractivity contribution is 8.26. The Kier molecular flexibility index (Phi) is 5.24. The Morgan fingerprint density at radius 3 is 2.27 bits per heavy atom. The summed E-state index contributed by atoms with van der Waals surface area (Å²) in [5.74, 6) is -0.494. The molecule has 1 aliphatic heterocycles. The van der Waals surface area contributed by atoms with Gasteiger partial charge in [0.1, 0.15) is 22.4 Å². The number of rotatable bonds is 4. The quantitative estimate of drug-likeness (QED) is 0.425. The number of aromatic hydroxyl groups is 2. The number of hydrogen-bond donors (Lipinski definition) is 3. The van der Waals surface area contributed by atoms with E-state index in [0.29, 0.717) is 14.9 Å². The van der Waals surface area contributed by atoms with Gasteiger partial charge in [-0.05, 0) is 48.0 Å². The molecule has 0 spiro atoms. The first-order valence-electron chi connectivity index (χ1n) is 7.55. The number of nitrogens with one attached hydrogen (secondary N) is 1. The van der Waals surface area contributed by atoms with Crippen molar-refractivity contribution in [1.29, 1.82) is 0 Å². The fraction of sp³-hybridized carbons (Fsp3) is 0.0556. The molecule has 1 saturated heterocycles. The van der Waals surface area contributed by atoms with Crippen LogP contribution in [0.2, 0.25) is 0 Å². The van der Waals surface area contributed by atoms with Crippen molar-refractivity contribution >= 4 is 51.9 Å². The van der Waals surface area contributed by atoms with E-state index >= 15 is 0 Å². The topological polar surface area (TPSA) is 89.9 Å². The van der Waals surface area contributed by atoms with E-state index in [9.17, 15) is 19.8 Å². The Morgan fingerprint density at radius 1 is 1.08 bits per heavy atom. The molecule has 1 fully saturated rings. The normalized spacial score (nSPS) is 15.5. The first-order valence-corrected chi connectivity index (χ1v) is 8.78. The lowest BCUT2D eigenvalue weighted by molar-refractivity contribution is -0.126. The number of carbonyl (C=O) groups excluding carboxylic acids is 2. The van der Waals surface area contributed by atoms with Gasteiger partial charge in [-0.3, -0.25) is 14.5 Å². The molecule has 2 amide bonds. The Hall–Kier alpha value is -2.84. The van der Waals surface area contributed by atoms with Crippen molar-refractivity contribution in [2.24, 2.45) is 0 Å². The second-order valence-electron chi connectivity index (χ2n) is 5.45. The van der Waals surface area contributed by atoms with E-state index in [0.717, 1.165) is 17.3 Å². The molecule has 1 heterocycles. The fourth-order valence-corrected chi connectivity index (χ4v) is 3.50. The van der Waals surface area contributed by atoms with E-state index in [1.54, 1.807) is 30.3 Å². The lowest BCUT2D eigenvalue weighted by Gasteiger charge is -2.14. The van der Waals surface area contributed by atoms with Gasteiger partial charge in [0.25, 0.3) is 5.91 Å². The van der Waals surface area contributed by atoms with Crippen LogP contribution in [0, 0.1) is 0 Å². The number of benzene rings is 2. The highest BCUT2D eigenvalue weighted by Crippen LogP contribution is 2.32. The summed E-state index contributed by atoms with van der Waals surface area (Å²) in [6, 6.07) is 12.4. The molecule has 132 valence electrons. The van der Waals surface area contributed by atoms with Gasteiger partial charge in [0.15, 0.2) is 0 Å². The van der Waals surface area contributed by atoms with Gasteiger partial charge < -0.3 is 15.5 Å². The molecule has 0 radical (unpaired) electrons. The largest absolute Gasteiger partial charge is 0.508 e. The van der Waals surface area contributed by atoms with Gasteiger partial charge in [0.05, 0.1) is 4.91 Å². The maximum Gasteiger partial charge on any atom is 0.266 e. The standard InChI is InChI=1S/C18H14N2O4S2/c21-13-5-1-11(2-6-13)9-15-17(24)20(18(25)26-15)10-16(23)19-12-3-7-14(22)8-4-12/h1-9,21-22H,10H2,(H,19,23)/b15-9-. The summed E-state index contributed by atoms with van der Waals surface area (Å²) in [4.78, 5) is 26.3. The van der Waals surface area contributed by atoms with E-state index in [2.05, 4.69) is 5.32 Å². The van der Waals surface area contributed by atoms with Crippen LogP contribution in [0.4, 0.5) is 5.69 Å². The molecule has 1 aliphatic rings. The Labute approximate surface area is 159 Å². The van der Waals surface area contributed by atoms with Crippen LogP contribution in [0.15, 0.2) is 53.4 Å². The lowest BCUT2D eigenvalue weighted by atomic mass is 10.2. The van der Waals surface area contributed by atoms with Gasteiger partial charge in [0.2, 0.25) is 5.91 Å². The van der Waals surface area contributed by atoms with Crippen LogP contribution in [0.5, 0.6) is 11.5 Å². The van der Waals surface area contributed by atoms with Crippen molar-refractivity contribution in [3.05, 3.63) is 59.0 Å². The Balaban J connectivity index is 1.67. The van der Waals surface area contributed by atoms with Crippen LogP contribution >= 0.6 is 24.0 Å². The van der Waals surface area contributed by atoms with Crippen LogP contribution in [-0.2, 0) is 9.59 Å². The second-order valence-corrected chi connectivity index (χ2v) is 7.13. The van der Waals surface area contributed by atoms with Gasteiger partial charge in [-0.1, -0.05) is 36.1 Å². The number of phenols is 2. The van der Waals surface area contributed by atoms with Crippen molar-refractivity contribution in [3.8, 4) is 11.5 Å². The van der Waals surface area contributed by atoms with Crippen LogP contribution in [0.3, 0.4) is 0 Å². The molecule has 8 heteroatoms. The molecule has 0 aromatic heterocycles. The lowest BCUT2D eigenvalue weighted by Crippen LogP contribution is -2.36. The summed E-state index contributed by atoms with van der Waals surface area (Å²) < 4.78 is 0.306. The van der Waals surface area contributed by atoms with E-state index in [4.69, 9.17) is 12.2 Å². The third-order valence-electron chi connectivity index (χ3n) is 3.52. The van der Waals surface area contributed by atoms with Crippen LogP contribution < -0.4 is 5.32 Å². The molecule has 0 unspecified atom stereocenters. The smallest absolute Gasteiger partial charge is 0.266 e. The average molecular weight is 386 g/mol. The molecule has 26 heavy (non-hydrogen) atoms. The van der Waals surface area contributed by atoms with Crippen molar-refractivity contribution in [2.45, 2.75) is 0 Å². The van der Waals surface area contributed by atoms with Gasteiger partial charge in [-0.15, -0.1) is 0 Å². The third kappa shape index (κ3) is 4.22. The molecule has 3 N–H and O–H groups in total. The minimum absolute atomic E-state index is 0.0966. The number of phenolic OH excluding ortho intramolecular Hbond substituents is 2. The van der Waals surface area contributed by atoms with Crippen molar-refractivity contribution < 1.29 is 19.8 Å². The molecule has 2 aromatic rings. The van der Waals surface area contributed by atoms with Crippen LogP contribution in [0.1, 0.15) is 5.56 Å². The summed E-state index contributed by atoms with van der Waals surface area (Å²) in [5, 5.41) is 21.2. The van der Waals surface area contributed by atoms with Gasteiger partial charge in [-0.25, -0.2) is 0 Å². The maximum absolute atomic E-state index is 12.5. The number of thiocarbonyl (C=S) groups is 1. The number of amides is 2.